The number of piperidine rings is 1. The molecular formula is C16H29N3. The van der Waals surface area contributed by atoms with Gasteiger partial charge in [0.2, 0.25) is 0 Å². The van der Waals surface area contributed by atoms with E-state index in [4.69, 9.17) is 0 Å². The standard InChI is InChI=1S/C16H29N3/c1-3-5-9-14(8-4-2)19-13-17-12-16(19)15-10-6-7-11-18-15/h12-15,18H,3-11H2,1-2H3. The summed E-state index contributed by atoms with van der Waals surface area (Å²) in [6, 6.07) is 1.17. The van der Waals surface area contributed by atoms with Crippen LogP contribution < -0.4 is 5.32 Å². The fraction of sp³-hybridized carbons (Fsp3) is 0.812. The van der Waals surface area contributed by atoms with E-state index in [1.165, 1.54) is 57.1 Å². The van der Waals surface area contributed by atoms with E-state index in [0.29, 0.717) is 12.1 Å². The molecule has 2 unspecified atom stereocenters. The molecule has 1 N–H and O–H groups in total. The Labute approximate surface area is 117 Å². The Kier molecular flexibility index (Phi) is 5.90. The normalized spacial score (nSPS) is 21.5. The molecule has 0 amide bonds. The maximum Gasteiger partial charge on any atom is 0.0951 e. The summed E-state index contributed by atoms with van der Waals surface area (Å²) < 4.78 is 2.46. The Morgan fingerprint density at radius 1 is 1.32 bits per heavy atom. The number of rotatable bonds is 7. The predicted molar refractivity (Wildman–Crippen MR) is 80.3 cm³/mol. The molecule has 1 saturated heterocycles. The number of imidazole rings is 1. The van der Waals surface area contributed by atoms with Gasteiger partial charge in [0.25, 0.3) is 0 Å². The minimum absolute atomic E-state index is 0.525. The van der Waals surface area contributed by atoms with Gasteiger partial charge in [-0.05, 0) is 32.2 Å². The van der Waals surface area contributed by atoms with Crippen LogP contribution in [-0.2, 0) is 0 Å². The third-order valence-corrected chi connectivity index (χ3v) is 4.27. The Morgan fingerprint density at radius 2 is 2.21 bits per heavy atom. The van der Waals surface area contributed by atoms with Crippen molar-refractivity contribution in [2.75, 3.05) is 6.54 Å². The maximum absolute atomic E-state index is 4.43. The smallest absolute Gasteiger partial charge is 0.0951 e. The zero-order chi connectivity index (χ0) is 13.5. The van der Waals surface area contributed by atoms with Gasteiger partial charge in [-0.3, -0.25) is 0 Å². The highest BCUT2D eigenvalue weighted by Crippen LogP contribution is 2.28. The van der Waals surface area contributed by atoms with Crippen molar-refractivity contribution in [3.8, 4) is 0 Å². The third kappa shape index (κ3) is 3.82. The Hall–Kier alpha value is -0.830. The topological polar surface area (TPSA) is 29.9 Å². The second-order valence-corrected chi connectivity index (χ2v) is 5.81. The lowest BCUT2D eigenvalue weighted by atomic mass is 10.00. The molecule has 1 fully saturated rings. The molecule has 1 aromatic rings. The van der Waals surface area contributed by atoms with Crippen molar-refractivity contribution in [2.24, 2.45) is 0 Å². The van der Waals surface area contributed by atoms with Gasteiger partial charge < -0.3 is 9.88 Å². The molecular weight excluding hydrogens is 234 g/mol. The summed E-state index contributed by atoms with van der Waals surface area (Å²) in [6.07, 6.45) is 14.5. The summed E-state index contributed by atoms with van der Waals surface area (Å²) in [7, 11) is 0. The summed E-state index contributed by atoms with van der Waals surface area (Å²) in [5, 5.41) is 3.65. The lowest BCUT2D eigenvalue weighted by molar-refractivity contribution is 0.356. The van der Waals surface area contributed by atoms with Gasteiger partial charge in [-0.25, -0.2) is 4.98 Å². The fourth-order valence-electron chi connectivity index (χ4n) is 3.19. The van der Waals surface area contributed by atoms with Crippen LogP contribution in [0.5, 0.6) is 0 Å². The number of nitrogens with zero attached hydrogens (tertiary/aromatic N) is 2. The molecule has 1 aromatic heterocycles. The number of hydrogen-bond donors (Lipinski definition) is 1. The minimum atomic E-state index is 0.525. The van der Waals surface area contributed by atoms with Crippen LogP contribution in [0.2, 0.25) is 0 Å². The zero-order valence-corrected chi connectivity index (χ0v) is 12.6. The fourth-order valence-corrected chi connectivity index (χ4v) is 3.19. The van der Waals surface area contributed by atoms with Gasteiger partial charge in [0.05, 0.1) is 12.0 Å². The van der Waals surface area contributed by atoms with Crippen molar-refractivity contribution >= 4 is 0 Å². The molecule has 2 atom stereocenters. The van der Waals surface area contributed by atoms with E-state index in [9.17, 15) is 0 Å². The molecule has 2 rings (SSSR count). The van der Waals surface area contributed by atoms with Crippen LogP contribution in [0, 0.1) is 0 Å². The second-order valence-electron chi connectivity index (χ2n) is 5.81. The first kappa shape index (κ1) is 14.6. The minimum Gasteiger partial charge on any atom is -0.330 e. The summed E-state index contributed by atoms with van der Waals surface area (Å²) in [6.45, 7) is 5.72. The Morgan fingerprint density at radius 3 is 2.89 bits per heavy atom. The predicted octanol–water partition coefficient (Wildman–Crippen LogP) is 4.23. The van der Waals surface area contributed by atoms with Crippen molar-refractivity contribution in [1.29, 1.82) is 0 Å². The van der Waals surface area contributed by atoms with Crippen LogP contribution >= 0.6 is 0 Å². The largest absolute Gasteiger partial charge is 0.330 e. The summed E-state index contributed by atoms with van der Waals surface area (Å²) in [5.41, 5.74) is 1.41. The van der Waals surface area contributed by atoms with Crippen LogP contribution in [0.15, 0.2) is 12.5 Å². The van der Waals surface area contributed by atoms with Gasteiger partial charge in [-0.1, -0.05) is 39.5 Å². The molecule has 0 spiro atoms. The molecule has 0 aromatic carbocycles. The summed E-state index contributed by atoms with van der Waals surface area (Å²) >= 11 is 0. The van der Waals surface area contributed by atoms with Crippen LogP contribution in [0.25, 0.3) is 0 Å². The van der Waals surface area contributed by atoms with Gasteiger partial charge in [0, 0.05) is 18.3 Å². The monoisotopic (exact) mass is 263 g/mol. The molecule has 19 heavy (non-hydrogen) atoms. The lowest BCUT2D eigenvalue weighted by Gasteiger charge is -2.28. The quantitative estimate of drug-likeness (QED) is 0.798. The van der Waals surface area contributed by atoms with Crippen molar-refractivity contribution in [3.05, 3.63) is 18.2 Å². The van der Waals surface area contributed by atoms with E-state index in [1.807, 2.05) is 0 Å². The number of unbranched alkanes of at least 4 members (excludes halogenated alkanes) is 1. The van der Waals surface area contributed by atoms with Gasteiger partial charge in [0.15, 0.2) is 0 Å². The molecule has 0 bridgehead atoms. The Bertz CT molecular complexity index is 353. The molecule has 108 valence electrons. The van der Waals surface area contributed by atoms with Crippen LogP contribution in [0.4, 0.5) is 0 Å². The molecule has 0 radical (unpaired) electrons. The first-order chi connectivity index (χ1) is 9.36. The molecule has 1 aliphatic rings. The van der Waals surface area contributed by atoms with Crippen LogP contribution in [0.3, 0.4) is 0 Å². The van der Waals surface area contributed by atoms with E-state index >= 15 is 0 Å². The van der Waals surface area contributed by atoms with E-state index < -0.39 is 0 Å². The van der Waals surface area contributed by atoms with Crippen molar-refractivity contribution in [3.63, 3.8) is 0 Å². The second kappa shape index (κ2) is 7.68. The van der Waals surface area contributed by atoms with E-state index in [2.05, 4.69) is 41.2 Å². The molecule has 0 aliphatic carbocycles. The first-order valence-corrected chi connectivity index (χ1v) is 8.11. The molecule has 0 saturated carbocycles. The molecule has 3 nitrogen and oxygen atoms in total. The van der Waals surface area contributed by atoms with Gasteiger partial charge in [-0.15, -0.1) is 0 Å². The van der Waals surface area contributed by atoms with Crippen molar-refractivity contribution < 1.29 is 0 Å². The van der Waals surface area contributed by atoms with E-state index in [0.717, 1.165) is 6.54 Å². The summed E-state index contributed by atoms with van der Waals surface area (Å²) in [4.78, 5) is 4.43. The average Bonchev–Trinajstić information content (AvgIpc) is 2.93. The molecule has 1 aliphatic heterocycles. The van der Waals surface area contributed by atoms with Crippen molar-refractivity contribution in [2.45, 2.75) is 77.3 Å². The summed E-state index contributed by atoms with van der Waals surface area (Å²) in [5.74, 6) is 0. The molecule has 3 heteroatoms. The average molecular weight is 263 g/mol. The van der Waals surface area contributed by atoms with E-state index in [-0.39, 0.29) is 0 Å². The van der Waals surface area contributed by atoms with E-state index in [1.54, 1.807) is 0 Å². The van der Waals surface area contributed by atoms with Crippen LogP contribution in [-0.4, -0.2) is 16.1 Å². The first-order valence-electron chi connectivity index (χ1n) is 8.11. The SMILES string of the molecule is CCCCC(CCC)n1cncc1C1CCCCN1. The van der Waals surface area contributed by atoms with Gasteiger partial charge in [0.1, 0.15) is 0 Å². The third-order valence-electron chi connectivity index (χ3n) is 4.27. The highest BCUT2D eigenvalue weighted by molar-refractivity contribution is 5.08. The van der Waals surface area contributed by atoms with Gasteiger partial charge >= 0.3 is 0 Å². The Balaban J connectivity index is 2.10. The molecule has 2 heterocycles. The van der Waals surface area contributed by atoms with Crippen LogP contribution in [0.1, 0.15) is 83.0 Å². The number of nitrogens with one attached hydrogen (secondary N) is 1. The zero-order valence-electron chi connectivity index (χ0n) is 12.6. The highest BCUT2D eigenvalue weighted by atomic mass is 15.1. The van der Waals surface area contributed by atoms with Crippen molar-refractivity contribution in [1.82, 2.24) is 14.9 Å². The maximum atomic E-state index is 4.43. The number of aromatic nitrogens is 2. The lowest BCUT2D eigenvalue weighted by Crippen LogP contribution is -2.29. The van der Waals surface area contributed by atoms with Gasteiger partial charge in [-0.2, -0.15) is 0 Å². The highest BCUT2D eigenvalue weighted by Gasteiger charge is 2.21. The number of hydrogen-bond acceptors (Lipinski definition) is 2.